The number of hydrogen-bond donors (Lipinski definition) is 3. The minimum absolute atomic E-state index is 0.227. The van der Waals surface area contributed by atoms with E-state index in [0.29, 0.717) is 0 Å². The summed E-state index contributed by atoms with van der Waals surface area (Å²) in [4.78, 5) is 10.0. The van der Waals surface area contributed by atoms with Gasteiger partial charge in [0, 0.05) is 0 Å². The molecule has 0 aliphatic carbocycles. The van der Waals surface area contributed by atoms with Gasteiger partial charge in [-0.2, -0.15) is 0 Å². The number of ether oxygens (including phenoxy) is 1. The van der Waals surface area contributed by atoms with Crippen molar-refractivity contribution in [2.75, 3.05) is 13.2 Å². The third kappa shape index (κ3) is 6.36. The van der Waals surface area contributed by atoms with Gasteiger partial charge in [-0.25, -0.2) is 4.79 Å². The van der Waals surface area contributed by atoms with E-state index in [1.165, 1.54) is 18.2 Å². The average Bonchev–Trinajstić information content (AvgIpc) is 2.13. The fourth-order valence-corrected chi connectivity index (χ4v) is 0.686. The van der Waals surface area contributed by atoms with E-state index in [9.17, 15) is 15.0 Å². The third-order valence-electron chi connectivity index (χ3n) is 1.35. The summed E-state index contributed by atoms with van der Waals surface area (Å²) < 4.78 is 4.59. The number of rotatable bonds is 7. The number of aliphatic hydroxyl groups excluding tert-OH is 2. The van der Waals surface area contributed by atoms with Crippen molar-refractivity contribution in [3.63, 3.8) is 0 Å². The molecule has 0 fully saturated rings. The van der Waals surface area contributed by atoms with E-state index < -0.39 is 24.8 Å². The van der Waals surface area contributed by atoms with E-state index in [2.05, 4.69) is 11.3 Å². The van der Waals surface area contributed by atoms with Gasteiger partial charge in [-0.15, -0.1) is 0 Å². The van der Waals surface area contributed by atoms with Gasteiger partial charge >= 0.3 is 5.97 Å². The number of carbonyl (C=O) groups is 1. The summed E-state index contributed by atoms with van der Waals surface area (Å²) in [5.41, 5.74) is 0. The van der Waals surface area contributed by atoms with Crippen LogP contribution < -0.4 is 0 Å². The van der Waals surface area contributed by atoms with Crippen LogP contribution in [0.15, 0.2) is 24.8 Å². The Hall–Kier alpha value is -1.17. The van der Waals surface area contributed by atoms with Crippen LogP contribution in [0.3, 0.4) is 0 Å². The largest absolute Gasteiger partial charge is 0.480 e. The molecule has 2 atom stereocenters. The van der Waals surface area contributed by atoms with Gasteiger partial charge in [-0.05, 0) is 0 Å². The minimum atomic E-state index is -1.13. The molecule has 0 aliphatic rings. The number of allylic oxidation sites excluding steroid dienone is 2. The lowest BCUT2D eigenvalue weighted by Gasteiger charge is -2.13. The lowest BCUT2D eigenvalue weighted by Crippen LogP contribution is -2.29. The van der Waals surface area contributed by atoms with Gasteiger partial charge in [0.05, 0.1) is 6.61 Å². The number of carboxylic acids is 1. The van der Waals surface area contributed by atoms with Crippen molar-refractivity contribution in [1.29, 1.82) is 0 Å². The van der Waals surface area contributed by atoms with Gasteiger partial charge in [0.25, 0.3) is 0 Å². The Bertz CT molecular complexity index is 211. The van der Waals surface area contributed by atoms with E-state index >= 15 is 0 Å². The first-order valence-electron chi connectivity index (χ1n) is 4.02. The van der Waals surface area contributed by atoms with E-state index in [4.69, 9.17) is 5.11 Å². The zero-order valence-corrected chi connectivity index (χ0v) is 7.67. The standard InChI is InChI=1S/C9H14O5/c1-2-3-4-7(10)8(11)5-14-6-9(12)13/h2-4,7-8,10-11H,1,5-6H2,(H,12,13)/b4-3+/t7-,8+/m1/s1. The molecule has 0 aromatic rings. The Morgan fingerprint density at radius 3 is 2.64 bits per heavy atom. The summed E-state index contributed by atoms with van der Waals surface area (Å²) in [6.07, 6.45) is 2.05. The van der Waals surface area contributed by atoms with Crippen LogP contribution in [0.25, 0.3) is 0 Å². The number of hydrogen-bond acceptors (Lipinski definition) is 4. The number of aliphatic carboxylic acids is 1. The highest BCUT2D eigenvalue weighted by Crippen LogP contribution is 1.96. The molecule has 0 heterocycles. The Morgan fingerprint density at radius 1 is 1.50 bits per heavy atom. The molecular weight excluding hydrogens is 188 g/mol. The van der Waals surface area contributed by atoms with Crippen LogP contribution in [-0.2, 0) is 9.53 Å². The summed E-state index contributed by atoms with van der Waals surface area (Å²) in [6.45, 7) is 2.67. The zero-order valence-electron chi connectivity index (χ0n) is 7.67. The molecule has 0 saturated heterocycles. The molecule has 0 radical (unpaired) electrons. The van der Waals surface area contributed by atoms with Crippen LogP contribution in [0.4, 0.5) is 0 Å². The minimum Gasteiger partial charge on any atom is -0.480 e. The van der Waals surface area contributed by atoms with Crippen LogP contribution >= 0.6 is 0 Å². The fourth-order valence-electron chi connectivity index (χ4n) is 0.686. The molecule has 14 heavy (non-hydrogen) atoms. The highest BCUT2D eigenvalue weighted by molar-refractivity contribution is 5.67. The second-order valence-corrected chi connectivity index (χ2v) is 2.59. The number of aliphatic hydroxyl groups is 2. The van der Waals surface area contributed by atoms with Crippen molar-refractivity contribution in [3.05, 3.63) is 24.8 Å². The van der Waals surface area contributed by atoms with Crippen molar-refractivity contribution >= 4 is 5.97 Å². The van der Waals surface area contributed by atoms with Gasteiger partial charge in [0.1, 0.15) is 18.8 Å². The molecule has 5 heteroatoms. The summed E-state index contributed by atoms with van der Waals surface area (Å²) in [5.74, 6) is -1.12. The molecule has 80 valence electrons. The van der Waals surface area contributed by atoms with Gasteiger partial charge in [-0.1, -0.05) is 24.8 Å². The van der Waals surface area contributed by atoms with Gasteiger partial charge in [0.15, 0.2) is 0 Å². The molecule has 0 aromatic carbocycles. The molecule has 0 aliphatic heterocycles. The molecule has 0 saturated carbocycles. The van der Waals surface area contributed by atoms with Gasteiger partial charge in [0.2, 0.25) is 0 Å². The maximum atomic E-state index is 10.0. The highest BCUT2D eigenvalue weighted by atomic mass is 16.5. The summed E-state index contributed by atoms with van der Waals surface area (Å²) in [5, 5.41) is 26.6. The second kappa shape index (κ2) is 7.25. The number of carboxylic acid groups (broad SMARTS) is 1. The second-order valence-electron chi connectivity index (χ2n) is 2.59. The highest BCUT2D eigenvalue weighted by Gasteiger charge is 2.13. The quantitative estimate of drug-likeness (QED) is 0.487. The third-order valence-corrected chi connectivity index (χ3v) is 1.35. The molecular formula is C9H14O5. The van der Waals surface area contributed by atoms with Gasteiger partial charge < -0.3 is 20.1 Å². The molecule has 0 amide bonds. The molecule has 0 bridgehead atoms. The lowest BCUT2D eigenvalue weighted by molar-refractivity contribution is -0.143. The van der Waals surface area contributed by atoms with Crippen LogP contribution in [0.2, 0.25) is 0 Å². The Labute approximate surface area is 81.9 Å². The Kier molecular flexibility index (Phi) is 6.65. The SMILES string of the molecule is C=C/C=C/[C@@H](O)[C@@H](O)COCC(=O)O. The van der Waals surface area contributed by atoms with Crippen LogP contribution in [0, 0.1) is 0 Å². The molecule has 3 N–H and O–H groups in total. The lowest BCUT2D eigenvalue weighted by atomic mass is 10.2. The van der Waals surface area contributed by atoms with E-state index in [1.54, 1.807) is 0 Å². The van der Waals surface area contributed by atoms with E-state index in [0.717, 1.165) is 0 Å². The summed E-state index contributed by atoms with van der Waals surface area (Å²) >= 11 is 0. The topological polar surface area (TPSA) is 87.0 Å². The van der Waals surface area contributed by atoms with Crippen molar-refractivity contribution in [3.8, 4) is 0 Å². The smallest absolute Gasteiger partial charge is 0.329 e. The van der Waals surface area contributed by atoms with Crippen molar-refractivity contribution in [2.45, 2.75) is 12.2 Å². The van der Waals surface area contributed by atoms with Crippen molar-refractivity contribution in [2.24, 2.45) is 0 Å². The van der Waals surface area contributed by atoms with Crippen LogP contribution in [0.1, 0.15) is 0 Å². The first-order valence-corrected chi connectivity index (χ1v) is 4.02. The Morgan fingerprint density at radius 2 is 2.14 bits per heavy atom. The summed E-state index contributed by atoms with van der Waals surface area (Å²) in [7, 11) is 0. The van der Waals surface area contributed by atoms with Crippen LogP contribution in [-0.4, -0.2) is 46.7 Å². The van der Waals surface area contributed by atoms with Crippen molar-refractivity contribution < 1.29 is 24.9 Å². The maximum Gasteiger partial charge on any atom is 0.329 e. The Balaban J connectivity index is 3.71. The fraction of sp³-hybridized carbons (Fsp3) is 0.444. The first-order chi connectivity index (χ1) is 6.57. The predicted octanol–water partition coefficient (Wildman–Crippen LogP) is -0.448. The first kappa shape index (κ1) is 12.8. The molecule has 5 nitrogen and oxygen atoms in total. The summed E-state index contributed by atoms with van der Waals surface area (Å²) in [6, 6.07) is 0. The molecule has 0 aromatic heterocycles. The van der Waals surface area contributed by atoms with E-state index in [1.807, 2.05) is 0 Å². The average molecular weight is 202 g/mol. The van der Waals surface area contributed by atoms with Crippen molar-refractivity contribution in [1.82, 2.24) is 0 Å². The maximum absolute atomic E-state index is 10.0. The van der Waals surface area contributed by atoms with Crippen LogP contribution in [0.5, 0.6) is 0 Å². The molecule has 0 rings (SSSR count). The zero-order chi connectivity index (χ0) is 11.0. The monoisotopic (exact) mass is 202 g/mol. The molecule has 0 unspecified atom stereocenters. The normalized spacial score (nSPS) is 15.3. The predicted molar refractivity (Wildman–Crippen MR) is 49.8 cm³/mol. The van der Waals surface area contributed by atoms with E-state index in [-0.39, 0.29) is 6.61 Å². The molecule has 0 spiro atoms. The van der Waals surface area contributed by atoms with Gasteiger partial charge in [-0.3, -0.25) is 0 Å².